The van der Waals surface area contributed by atoms with Crippen LogP contribution in [-0.2, 0) is 11.3 Å². The van der Waals surface area contributed by atoms with Crippen LogP contribution in [-0.4, -0.2) is 17.6 Å². The zero-order valence-electron chi connectivity index (χ0n) is 10.8. The summed E-state index contributed by atoms with van der Waals surface area (Å²) < 4.78 is 0. The molecule has 4 heteroatoms. The smallest absolute Gasteiger partial charge is 0.312 e. The summed E-state index contributed by atoms with van der Waals surface area (Å²) in [5.41, 5.74) is 2.09. The van der Waals surface area contributed by atoms with Crippen LogP contribution in [0.3, 0.4) is 0 Å². The van der Waals surface area contributed by atoms with Crippen molar-refractivity contribution in [1.82, 2.24) is 5.32 Å². The second kappa shape index (κ2) is 6.50. The molecule has 0 amide bonds. The predicted molar refractivity (Wildman–Crippen MR) is 77.6 cm³/mol. The molecule has 0 saturated carbocycles. The fourth-order valence-electron chi connectivity index (χ4n) is 1.95. The van der Waals surface area contributed by atoms with Gasteiger partial charge in [-0.15, -0.1) is 11.3 Å². The van der Waals surface area contributed by atoms with Gasteiger partial charge in [0.05, 0.1) is 5.92 Å². The Hall–Kier alpha value is -1.65. The maximum Gasteiger partial charge on any atom is 0.312 e. The molecule has 19 heavy (non-hydrogen) atoms. The van der Waals surface area contributed by atoms with Gasteiger partial charge in [0.25, 0.3) is 0 Å². The van der Waals surface area contributed by atoms with Crippen LogP contribution in [0, 0.1) is 6.92 Å². The molecule has 0 radical (unpaired) electrons. The number of hydrogen-bond acceptors (Lipinski definition) is 3. The third-order valence-electron chi connectivity index (χ3n) is 3.10. The van der Waals surface area contributed by atoms with Crippen molar-refractivity contribution < 1.29 is 9.90 Å². The highest BCUT2D eigenvalue weighted by Gasteiger charge is 2.18. The minimum absolute atomic E-state index is 0.441. The lowest BCUT2D eigenvalue weighted by atomic mass is 9.99. The molecule has 2 rings (SSSR count). The third kappa shape index (κ3) is 3.66. The molecule has 1 heterocycles. The SMILES string of the molecule is Cc1ccsc1CNCC(C(=O)O)c1ccccc1. The standard InChI is InChI=1S/C15H17NO2S/c1-11-7-8-19-14(11)10-16-9-13(15(17)18)12-5-3-2-4-6-12/h2-8,13,16H,9-10H2,1H3,(H,17,18). The number of carbonyl (C=O) groups is 1. The van der Waals surface area contributed by atoms with Crippen molar-refractivity contribution in [2.45, 2.75) is 19.4 Å². The average Bonchev–Trinajstić information content (AvgIpc) is 2.81. The first-order chi connectivity index (χ1) is 9.18. The lowest BCUT2D eigenvalue weighted by Gasteiger charge is -2.13. The topological polar surface area (TPSA) is 49.3 Å². The van der Waals surface area contributed by atoms with Crippen molar-refractivity contribution >= 4 is 17.3 Å². The van der Waals surface area contributed by atoms with Gasteiger partial charge in [-0.25, -0.2) is 0 Å². The van der Waals surface area contributed by atoms with Crippen LogP contribution >= 0.6 is 11.3 Å². The number of hydrogen-bond donors (Lipinski definition) is 2. The molecule has 1 unspecified atom stereocenters. The van der Waals surface area contributed by atoms with Crippen molar-refractivity contribution in [3.05, 3.63) is 57.8 Å². The molecule has 0 spiro atoms. The van der Waals surface area contributed by atoms with E-state index in [4.69, 9.17) is 0 Å². The fraction of sp³-hybridized carbons (Fsp3) is 0.267. The minimum Gasteiger partial charge on any atom is -0.481 e. The van der Waals surface area contributed by atoms with Gasteiger partial charge in [0, 0.05) is 18.0 Å². The number of rotatable bonds is 6. The highest BCUT2D eigenvalue weighted by Crippen LogP contribution is 2.17. The third-order valence-corrected chi connectivity index (χ3v) is 4.13. The van der Waals surface area contributed by atoms with E-state index in [-0.39, 0.29) is 0 Å². The predicted octanol–water partition coefficient (Wildman–Crippen LogP) is 3.01. The maximum absolute atomic E-state index is 11.3. The molecule has 3 nitrogen and oxygen atoms in total. The van der Waals surface area contributed by atoms with Gasteiger partial charge in [0.2, 0.25) is 0 Å². The first-order valence-corrected chi connectivity index (χ1v) is 7.08. The molecular weight excluding hydrogens is 258 g/mol. The molecule has 1 aromatic carbocycles. The van der Waals surface area contributed by atoms with Gasteiger partial charge in [-0.05, 0) is 29.5 Å². The van der Waals surface area contributed by atoms with E-state index >= 15 is 0 Å². The zero-order chi connectivity index (χ0) is 13.7. The van der Waals surface area contributed by atoms with Gasteiger partial charge >= 0.3 is 5.97 Å². The van der Waals surface area contributed by atoms with E-state index < -0.39 is 11.9 Å². The van der Waals surface area contributed by atoms with E-state index in [0.717, 1.165) is 12.1 Å². The molecule has 0 aliphatic rings. The van der Waals surface area contributed by atoms with E-state index in [1.54, 1.807) is 11.3 Å². The second-order valence-electron chi connectivity index (χ2n) is 4.46. The molecule has 0 aliphatic carbocycles. The molecule has 1 atom stereocenters. The Kier molecular flexibility index (Phi) is 4.71. The summed E-state index contributed by atoms with van der Waals surface area (Å²) in [6.45, 7) is 3.23. The van der Waals surface area contributed by atoms with Crippen molar-refractivity contribution in [3.8, 4) is 0 Å². The maximum atomic E-state index is 11.3. The van der Waals surface area contributed by atoms with Gasteiger partial charge in [-0.3, -0.25) is 4.79 Å². The van der Waals surface area contributed by atoms with E-state index in [1.165, 1.54) is 10.4 Å². The highest BCUT2D eigenvalue weighted by molar-refractivity contribution is 7.10. The van der Waals surface area contributed by atoms with Gasteiger partial charge in [-0.1, -0.05) is 30.3 Å². The fourth-order valence-corrected chi connectivity index (χ4v) is 2.82. The first kappa shape index (κ1) is 13.8. The van der Waals surface area contributed by atoms with Gasteiger partial charge in [0.15, 0.2) is 0 Å². The molecule has 0 fully saturated rings. The van der Waals surface area contributed by atoms with Crippen LogP contribution < -0.4 is 5.32 Å². The number of aryl methyl sites for hydroxylation is 1. The summed E-state index contributed by atoms with van der Waals surface area (Å²) in [5.74, 6) is -1.29. The second-order valence-corrected chi connectivity index (χ2v) is 5.46. The van der Waals surface area contributed by atoms with Gasteiger partial charge in [-0.2, -0.15) is 0 Å². The zero-order valence-corrected chi connectivity index (χ0v) is 11.6. The van der Waals surface area contributed by atoms with Crippen molar-refractivity contribution in [2.24, 2.45) is 0 Å². The molecular formula is C15H17NO2S. The Morgan fingerprint density at radius 2 is 2.05 bits per heavy atom. The Labute approximate surface area is 116 Å². The van der Waals surface area contributed by atoms with Crippen LogP contribution in [0.2, 0.25) is 0 Å². The molecule has 100 valence electrons. The first-order valence-electron chi connectivity index (χ1n) is 6.20. The molecule has 0 saturated heterocycles. The van der Waals surface area contributed by atoms with Gasteiger partial charge in [0.1, 0.15) is 0 Å². The number of carboxylic acid groups (broad SMARTS) is 1. The Bertz CT molecular complexity index is 536. The highest BCUT2D eigenvalue weighted by atomic mass is 32.1. The molecule has 2 aromatic rings. The molecule has 0 bridgehead atoms. The Morgan fingerprint density at radius 1 is 1.32 bits per heavy atom. The molecule has 0 aliphatic heterocycles. The lowest BCUT2D eigenvalue weighted by molar-refractivity contribution is -0.138. The summed E-state index contributed by atoms with van der Waals surface area (Å²) in [5, 5.41) is 14.6. The average molecular weight is 275 g/mol. The lowest BCUT2D eigenvalue weighted by Crippen LogP contribution is -2.26. The summed E-state index contributed by atoms with van der Waals surface area (Å²) in [6.07, 6.45) is 0. The van der Waals surface area contributed by atoms with Crippen LogP contribution in [0.4, 0.5) is 0 Å². The van der Waals surface area contributed by atoms with Crippen molar-refractivity contribution in [2.75, 3.05) is 6.54 Å². The van der Waals surface area contributed by atoms with Crippen molar-refractivity contribution in [1.29, 1.82) is 0 Å². The Morgan fingerprint density at radius 3 is 2.63 bits per heavy atom. The van der Waals surface area contributed by atoms with Crippen LogP contribution in [0.15, 0.2) is 41.8 Å². The number of aliphatic carboxylic acids is 1. The van der Waals surface area contributed by atoms with E-state index in [2.05, 4.69) is 23.7 Å². The van der Waals surface area contributed by atoms with Crippen molar-refractivity contribution in [3.63, 3.8) is 0 Å². The largest absolute Gasteiger partial charge is 0.481 e. The Balaban J connectivity index is 1.95. The van der Waals surface area contributed by atoms with Gasteiger partial charge < -0.3 is 10.4 Å². The van der Waals surface area contributed by atoms with E-state index in [0.29, 0.717) is 6.54 Å². The van der Waals surface area contributed by atoms with Crippen LogP contribution in [0.25, 0.3) is 0 Å². The van der Waals surface area contributed by atoms with Crippen LogP contribution in [0.1, 0.15) is 21.9 Å². The monoisotopic (exact) mass is 275 g/mol. The summed E-state index contributed by atoms with van der Waals surface area (Å²) in [4.78, 5) is 12.6. The summed E-state index contributed by atoms with van der Waals surface area (Å²) in [6, 6.07) is 11.4. The number of thiophene rings is 1. The van der Waals surface area contributed by atoms with E-state index in [1.807, 2.05) is 30.3 Å². The molecule has 2 N–H and O–H groups in total. The number of carboxylic acids is 1. The normalized spacial score (nSPS) is 12.3. The minimum atomic E-state index is -0.790. The number of benzene rings is 1. The quantitative estimate of drug-likeness (QED) is 0.852. The number of nitrogens with one attached hydrogen (secondary N) is 1. The summed E-state index contributed by atoms with van der Waals surface area (Å²) in [7, 11) is 0. The molecule has 1 aromatic heterocycles. The van der Waals surface area contributed by atoms with Crippen LogP contribution in [0.5, 0.6) is 0 Å². The van der Waals surface area contributed by atoms with E-state index in [9.17, 15) is 9.90 Å². The summed E-state index contributed by atoms with van der Waals surface area (Å²) >= 11 is 1.70.